The second kappa shape index (κ2) is 9.31. The van der Waals surface area contributed by atoms with E-state index in [1.54, 1.807) is 12.0 Å². The van der Waals surface area contributed by atoms with E-state index in [1.165, 1.54) is 49.7 Å². The van der Waals surface area contributed by atoms with E-state index in [0.29, 0.717) is 23.8 Å². The molecule has 0 aliphatic carbocycles. The Kier molecular flexibility index (Phi) is 6.95. The lowest BCUT2D eigenvalue weighted by atomic mass is 10.2. The third-order valence-corrected chi connectivity index (χ3v) is 7.58. The second-order valence-electron chi connectivity index (χ2n) is 7.40. The molecular weight excluding hydrogens is 436 g/mol. The zero-order valence-electron chi connectivity index (χ0n) is 18.2. The Bertz CT molecular complexity index is 1170. The van der Waals surface area contributed by atoms with Crippen LogP contribution in [0.15, 0.2) is 47.4 Å². The molecule has 0 radical (unpaired) electrons. The molecule has 0 bridgehead atoms. The Balaban J connectivity index is 1.96. The van der Waals surface area contributed by atoms with Gasteiger partial charge < -0.3 is 9.64 Å². The molecule has 0 spiro atoms. The van der Waals surface area contributed by atoms with Crippen molar-refractivity contribution >= 4 is 42.6 Å². The molecule has 0 N–H and O–H groups in total. The third kappa shape index (κ3) is 5.04. The standard InChI is InChI=1S/C21H26N4O4S2/c1-23(2)12-13-25(21-22-18-11-8-16(29-5)14-19(18)30-21)20(26)15-6-9-17(10-7-15)31(27,28)24(3)4/h6-11,14H,12-13H2,1-5H3. The maximum Gasteiger partial charge on any atom is 0.260 e. The van der Waals surface area contributed by atoms with Gasteiger partial charge in [0.05, 0.1) is 22.2 Å². The van der Waals surface area contributed by atoms with E-state index in [-0.39, 0.29) is 10.8 Å². The van der Waals surface area contributed by atoms with Crippen LogP contribution in [0.4, 0.5) is 5.13 Å². The van der Waals surface area contributed by atoms with Crippen molar-refractivity contribution in [2.45, 2.75) is 4.90 Å². The molecule has 1 aromatic heterocycles. The van der Waals surface area contributed by atoms with E-state index < -0.39 is 10.0 Å². The Labute approximate surface area is 186 Å². The number of ether oxygens (including phenoxy) is 1. The van der Waals surface area contributed by atoms with Crippen molar-refractivity contribution in [3.8, 4) is 5.75 Å². The number of thiazole rings is 1. The van der Waals surface area contributed by atoms with Gasteiger partial charge in [-0.05, 0) is 56.6 Å². The monoisotopic (exact) mass is 462 g/mol. The van der Waals surface area contributed by atoms with Gasteiger partial charge in [0.1, 0.15) is 5.75 Å². The molecule has 3 aromatic rings. The van der Waals surface area contributed by atoms with Crippen molar-refractivity contribution < 1.29 is 17.9 Å². The van der Waals surface area contributed by atoms with Crippen LogP contribution in [-0.4, -0.2) is 76.9 Å². The number of hydrogen-bond acceptors (Lipinski definition) is 7. The zero-order valence-corrected chi connectivity index (χ0v) is 19.8. The van der Waals surface area contributed by atoms with Crippen LogP contribution < -0.4 is 9.64 Å². The fourth-order valence-corrected chi connectivity index (χ4v) is 4.78. The van der Waals surface area contributed by atoms with Crippen molar-refractivity contribution in [3.05, 3.63) is 48.0 Å². The maximum atomic E-state index is 13.3. The van der Waals surface area contributed by atoms with Gasteiger partial charge in [-0.25, -0.2) is 17.7 Å². The van der Waals surface area contributed by atoms with Gasteiger partial charge in [-0.3, -0.25) is 9.69 Å². The number of sulfonamides is 1. The highest BCUT2D eigenvalue weighted by Crippen LogP contribution is 2.32. The van der Waals surface area contributed by atoms with Crippen LogP contribution in [0.25, 0.3) is 10.2 Å². The summed E-state index contributed by atoms with van der Waals surface area (Å²) in [7, 11) is 4.87. The third-order valence-electron chi connectivity index (χ3n) is 4.71. The largest absolute Gasteiger partial charge is 0.497 e. The van der Waals surface area contributed by atoms with Gasteiger partial charge in [0.25, 0.3) is 5.91 Å². The van der Waals surface area contributed by atoms with Crippen molar-refractivity contribution in [1.29, 1.82) is 0 Å². The lowest BCUT2D eigenvalue weighted by molar-refractivity contribution is 0.0985. The molecule has 2 aromatic carbocycles. The summed E-state index contributed by atoms with van der Waals surface area (Å²) >= 11 is 1.41. The minimum Gasteiger partial charge on any atom is -0.497 e. The molecule has 3 rings (SSSR count). The summed E-state index contributed by atoms with van der Waals surface area (Å²) in [5.41, 5.74) is 1.18. The molecule has 0 unspecified atom stereocenters. The number of rotatable bonds is 8. The summed E-state index contributed by atoms with van der Waals surface area (Å²) in [6.45, 7) is 1.10. The fourth-order valence-electron chi connectivity index (χ4n) is 2.86. The quantitative estimate of drug-likeness (QED) is 0.512. The first-order chi connectivity index (χ1) is 14.6. The highest BCUT2D eigenvalue weighted by Gasteiger charge is 2.23. The first-order valence-corrected chi connectivity index (χ1v) is 11.8. The van der Waals surface area contributed by atoms with Crippen LogP contribution >= 0.6 is 11.3 Å². The zero-order chi connectivity index (χ0) is 22.8. The number of amides is 1. The van der Waals surface area contributed by atoms with Gasteiger partial charge in [-0.2, -0.15) is 0 Å². The number of benzene rings is 2. The Hall–Kier alpha value is -2.53. The number of likely N-dealkylation sites (N-methyl/N-ethyl adjacent to an activating group) is 1. The van der Waals surface area contributed by atoms with Crippen LogP contribution in [0, 0.1) is 0 Å². The van der Waals surface area contributed by atoms with Crippen molar-refractivity contribution in [2.24, 2.45) is 0 Å². The SMILES string of the molecule is COc1ccc2nc(N(CCN(C)C)C(=O)c3ccc(S(=O)(=O)N(C)C)cc3)sc2c1. The highest BCUT2D eigenvalue weighted by atomic mass is 32.2. The molecule has 8 nitrogen and oxygen atoms in total. The van der Waals surface area contributed by atoms with Gasteiger partial charge >= 0.3 is 0 Å². The molecule has 1 heterocycles. The highest BCUT2D eigenvalue weighted by molar-refractivity contribution is 7.89. The first-order valence-electron chi connectivity index (χ1n) is 9.57. The van der Waals surface area contributed by atoms with Crippen LogP contribution in [0.5, 0.6) is 5.75 Å². The summed E-state index contributed by atoms with van der Waals surface area (Å²) in [6, 6.07) is 11.6. The lowest BCUT2D eigenvalue weighted by Crippen LogP contribution is -2.36. The molecule has 0 aliphatic rings. The lowest BCUT2D eigenvalue weighted by Gasteiger charge is -2.22. The van der Waals surface area contributed by atoms with Gasteiger partial charge in [-0.1, -0.05) is 11.3 Å². The summed E-state index contributed by atoms with van der Waals surface area (Å²) in [4.78, 5) is 21.7. The van der Waals surface area contributed by atoms with E-state index >= 15 is 0 Å². The molecule has 0 aliphatic heterocycles. The molecule has 1 amide bonds. The molecule has 0 saturated carbocycles. The van der Waals surface area contributed by atoms with Crippen LogP contribution in [0.3, 0.4) is 0 Å². The average Bonchev–Trinajstić information content (AvgIpc) is 3.16. The number of aromatic nitrogens is 1. The number of anilines is 1. The van der Waals surface area contributed by atoms with Crippen LogP contribution in [-0.2, 0) is 10.0 Å². The first kappa shape index (κ1) is 23.1. The van der Waals surface area contributed by atoms with Crippen molar-refractivity contribution in [3.63, 3.8) is 0 Å². The van der Waals surface area contributed by atoms with E-state index in [0.717, 1.165) is 20.3 Å². The molecular formula is C21H26N4O4S2. The fraction of sp³-hybridized carbons (Fsp3) is 0.333. The number of carbonyl (C=O) groups excluding carboxylic acids is 1. The van der Waals surface area contributed by atoms with Gasteiger partial charge in [0.2, 0.25) is 10.0 Å². The summed E-state index contributed by atoms with van der Waals surface area (Å²) < 4.78 is 32.0. The summed E-state index contributed by atoms with van der Waals surface area (Å²) in [6.07, 6.45) is 0. The smallest absolute Gasteiger partial charge is 0.260 e. The van der Waals surface area contributed by atoms with Gasteiger partial charge in [0, 0.05) is 32.7 Å². The topological polar surface area (TPSA) is 83.0 Å². The van der Waals surface area contributed by atoms with E-state index in [2.05, 4.69) is 4.98 Å². The second-order valence-corrected chi connectivity index (χ2v) is 10.6. The minimum atomic E-state index is -3.56. The normalized spacial score (nSPS) is 12.0. The van der Waals surface area contributed by atoms with E-state index in [4.69, 9.17) is 4.74 Å². The number of nitrogens with zero attached hydrogens (tertiary/aromatic N) is 4. The molecule has 31 heavy (non-hydrogen) atoms. The number of carbonyl (C=O) groups is 1. The maximum absolute atomic E-state index is 13.3. The molecule has 0 fully saturated rings. The van der Waals surface area contributed by atoms with Crippen LogP contribution in [0.1, 0.15) is 10.4 Å². The summed E-state index contributed by atoms with van der Waals surface area (Å²) in [5.74, 6) is 0.494. The average molecular weight is 463 g/mol. The molecule has 10 heteroatoms. The number of hydrogen-bond donors (Lipinski definition) is 0. The van der Waals surface area contributed by atoms with Crippen molar-refractivity contribution in [2.75, 3.05) is 53.3 Å². The number of methoxy groups -OCH3 is 1. The van der Waals surface area contributed by atoms with Gasteiger partial charge in [-0.15, -0.1) is 0 Å². The van der Waals surface area contributed by atoms with E-state index in [9.17, 15) is 13.2 Å². The summed E-state index contributed by atoms with van der Waals surface area (Å²) in [5, 5.41) is 0.583. The van der Waals surface area contributed by atoms with Crippen molar-refractivity contribution in [1.82, 2.24) is 14.2 Å². The minimum absolute atomic E-state index is 0.140. The predicted octanol–water partition coefficient (Wildman–Crippen LogP) is 2.76. The van der Waals surface area contributed by atoms with E-state index in [1.807, 2.05) is 37.2 Å². The number of fused-ring (bicyclic) bond motifs is 1. The predicted molar refractivity (Wildman–Crippen MR) is 124 cm³/mol. The molecule has 0 atom stereocenters. The Morgan fingerprint density at radius 1 is 1.03 bits per heavy atom. The molecule has 0 saturated heterocycles. The Morgan fingerprint density at radius 2 is 1.71 bits per heavy atom. The van der Waals surface area contributed by atoms with Crippen LogP contribution in [0.2, 0.25) is 0 Å². The molecule has 166 valence electrons. The van der Waals surface area contributed by atoms with Gasteiger partial charge in [0.15, 0.2) is 5.13 Å². The Morgan fingerprint density at radius 3 is 2.29 bits per heavy atom.